The zero-order chi connectivity index (χ0) is 35.1. The first-order chi connectivity index (χ1) is 24.3. The van der Waals surface area contributed by atoms with Crippen molar-refractivity contribution >= 4 is 21.7 Å². The van der Waals surface area contributed by atoms with E-state index in [2.05, 4.69) is 0 Å². The van der Waals surface area contributed by atoms with Crippen molar-refractivity contribution in [3.8, 4) is 23.0 Å². The minimum absolute atomic E-state index is 0.0613. The Morgan fingerprint density at radius 3 is 1.84 bits per heavy atom. The molecule has 0 spiro atoms. The smallest absolute Gasteiger partial charge is 0.296 e. The Balaban J connectivity index is 1.39. The third-order valence-electron chi connectivity index (χ3n) is 9.22. The second kappa shape index (κ2) is 16.0. The van der Waals surface area contributed by atoms with Crippen LogP contribution in [0.25, 0.3) is 0 Å². The van der Waals surface area contributed by atoms with Crippen molar-refractivity contribution in [2.75, 3.05) is 26.7 Å². The van der Waals surface area contributed by atoms with E-state index < -0.39 is 10.1 Å². The van der Waals surface area contributed by atoms with Crippen LogP contribution in [-0.4, -0.2) is 35.1 Å². The van der Waals surface area contributed by atoms with Crippen molar-refractivity contribution < 1.29 is 31.5 Å². The summed E-state index contributed by atoms with van der Waals surface area (Å²) in [6.45, 7) is 2.59. The lowest BCUT2D eigenvalue weighted by Crippen LogP contribution is -2.22. The number of hydrogen-bond acceptors (Lipinski definition) is 7. The highest BCUT2D eigenvalue weighted by Crippen LogP contribution is 2.55. The van der Waals surface area contributed by atoms with Crippen LogP contribution in [0.15, 0.2) is 120 Å². The van der Waals surface area contributed by atoms with Crippen molar-refractivity contribution in [2.45, 2.75) is 43.3 Å². The number of aryl methyl sites for hydroxylation is 1. The molecule has 0 fully saturated rings. The lowest BCUT2D eigenvalue weighted by Gasteiger charge is -2.26. The molecule has 5 aromatic carbocycles. The highest BCUT2D eigenvalue weighted by atomic mass is 35.5. The van der Waals surface area contributed by atoms with Crippen LogP contribution < -0.4 is 18.9 Å². The number of alkyl halides is 1. The van der Waals surface area contributed by atoms with Gasteiger partial charge in [0.25, 0.3) is 10.1 Å². The summed E-state index contributed by atoms with van der Waals surface area (Å²) in [6, 6.07) is 36.4. The molecule has 0 N–H and O–H groups in total. The number of methoxy groups -OCH3 is 2. The normalized spacial score (nSPS) is 16.8. The number of benzene rings is 5. The van der Waals surface area contributed by atoms with Crippen LogP contribution in [0.2, 0.25) is 0 Å². The molecule has 1 aliphatic carbocycles. The summed E-state index contributed by atoms with van der Waals surface area (Å²) >= 11 is 6.43. The molecule has 6 rings (SSSR count). The van der Waals surface area contributed by atoms with E-state index in [1.165, 1.54) is 0 Å². The fourth-order valence-corrected chi connectivity index (χ4v) is 7.86. The molecule has 0 saturated heterocycles. The molecule has 0 saturated carbocycles. The van der Waals surface area contributed by atoms with Crippen LogP contribution in [-0.2, 0) is 27.5 Å². The van der Waals surface area contributed by atoms with Gasteiger partial charge in [0.1, 0.15) is 13.2 Å². The van der Waals surface area contributed by atoms with Crippen LogP contribution in [0.1, 0.15) is 51.6 Å². The Bertz CT molecular complexity index is 1980. The van der Waals surface area contributed by atoms with Gasteiger partial charge in [-0.25, -0.2) is 0 Å². The highest BCUT2D eigenvalue weighted by molar-refractivity contribution is 7.86. The van der Waals surface area contributed by atoms with E-state index >= 15 is 0 Å². The van der Waals surface area contributed by atoms with Crippen molar-refractivity contribution in [2.24, 2.45) is 5.92 Å². The maximum Gasteiger partial charge on any atom is 0.296 e. The molecule has 3 atom stereocenters. The Morgan fingerprint density at radius 1 is 0.660 bits per heavy atom. The van der Waals surface area contributed by atoms with E-state index in [-0.39, 0.29) is 29.3 Å². The van der Waals surface area contributed by atoms with Crippen LogP contribution >= 0.6 is 11.6 Å². The average Bonchev–Trinajstić information content (AvgIpc) is 3.44. The first-order valence-electron chi connectivity index (χ1n) is 16.6. The van der Waals surface area contributed by atoms with Gasteiger partial charge >= 0.3 is 0 Å². The van der Waals surface area contributed by atoms with Crippen molar-refractivity contribution in [1.29, 1.82) is 0 Å². The molecule has 0 heterocycles. The van der Waals surface area contributed by atoms with Gasteiger partial charge in [-0.15, -0.1) is 11.6 Å². The molecular weight excluding hydrogens is 672 g/mol. The van der Waals surface area contributed by atoms with Crippen LogP contribution in [0.3, 0.4) is 0 Å². The summed E-state index contributed by atoms with van der Waals surface area (Å²) in [5.74, 6) is 2.03. The fraction of sp³-hybridized carbons (Fsp3) is 0.268. The number of ether oxygens (including phenoxy) is 4. The SMILES string of the molecule is COc1cc([C@@H]2c3cc(OCc4ccccc4)c(OC)cc3[C@@H](CCCl)[C@H]2COS(=O)(=O)c2ccc(C)cc2)ccc1OCc1ccccc1. The van der Waals surface area contributed by atoms with Crippen LogP contribution in [0.4, 0.5) is 0 Å². The first-order valence-corrected chi connectivity index (χ1v) is 18.5. The van der Waals surface area contributed by atoms with Crippen LogP contribution in [0, 0.1) is 12.8 Å². The first kappa shape index (κ1) is 35.3. The highest BCUT2D eigenvalue weighted by Gasteiger charge is 2.43. The fourth-order valence-electron chi connectivity index (χ4n) is 6.68. The number of hydrogen-bond donors (Lipinski definition) is 0. The maximum absolute atomic E-state index is 13.5. The third kappa shape index (κ3) is 7.94. The Labute approximate surface area is 299 Å². The van der Waals surface area contributed by atoms with Gasteiger partial charge in [0.05, 0.1) is 25.7 Å². The standard InChI is InChI=1S/C41H41ClO7S/c1-28-14-17-32(18-15-28)50(43,44)49-27-36-33(20-21-42)34-23-39(46-3)40(48-26-30-12-8-5-9-13-30)24-35(34)41(36)31-16-19-37(38(22-31)45-2)47-25-29-10-6-4-7-11-29/h4-19,22-24,33,36,41H,20-21,25-27H2,1-3H3/t33-,36-,41-/m1/s1. The molecule has 0 amide bonds. The minimum atomic E-state index is -4.04. The van der Waals surface area contributed by atoms with Crippen molar-refractivity contribution in [3.05, 3.63) is 149 Å². The Hall–Kier alpha value is -4.50. The van der Waals surface area contributed by atoms with E-state index in [1.807, 2.05) is 97.9 Å². The predicted octanol–water partition coefficient (Wildman–Crippen LogP) is 9.05. The van der Waals surface area contributed by atoms with Gasteiger partial charge in [0, 0.05) is 17.7 Å². The second-order valence-corrected chi connectivity index (χ2v) is 14.4. The molecule has 9 heteroatoms. The zero-order valence-electron chi connectivity index (χ0n) is 28.4. The topological polar surface area (TPSA) is 80.3 Å². The van der Waals surface area contributed by atoms with Crippen LogP contribution in [0.5, 0.6) is 23.0 Å². The molecule has 7 nitrogen and oxygen atoms in total. The van der Waals surface area contributed by atoms with Gasteiger partial charge in [-0.3, -0.25) is 4.18 Å². The molecule has 0 aliphatic heterocycles. The molecular formula is C41H41ClO7S. The van der Waals surface area contributed by atoms with Crippen molar-refractivity contribution in [1.82, 2.24) is 0 Å². The van der Waals surface area contributed by atoms with Crippen molar-refractivity contribution in [3.63, 3.8) is 0 Å². The molecule has 50 heavy (non-hydrogen) atoms. The third-order valence-corrected chi connectivity index (χ3v) is 10.7. The molecule has 0 aromatic heterocycles. The van der Waals surface area contributed by atoms with E-state index in [9.17, 15) is 8.42 Å². The maximum atomic E-state index is 13.5. The Morgan fingerprint density at radius 2 is 1.24 bits per heavy atom. The molecule has 0 unspecified atom stereocenters. The quantitative estimate of drug-likeness (QED) is 0.0792. The molecule has 0 radical (unpaired) electrons. The summed E-state index contributed by atoms with van der Waals surface area (Å²) in [4.78, 5) is 0.115. The number of rotatable bonds is 15. The summed E-state index contributed by atoms with van der Waals surface area (Å²) in [5, 5.41) is 0. The molecule has 1 aliphatic rings. The van der Waals surface area contributed by atoms with E-state index in [4.69, 9.17) is 34.7 Å². The minimum Gasteiger partial charge on any atom is -0.493 e. The lowest BCUT2D eigenvalue weighted by molar-refractivity contribution is 0.224. The largest absolute Gasteiger partial charge is 0.493 e. The van der Waals surface area contributed by atoms with Gasteiger partial charge in [-0.1, -0.05) is 84.4 Å². The van der Waals surface area contributed by atoms with Gasteiger partial charge in [0.15, 0.2) is 23.0 Å². The Kier molecular flexibility index (Phi) is 11.3. The zero-order valence-corrected chi connectivity index (χ0v) is 30.0. The van der Waals surface area contributed by atoms with E-state index in [0.717, 1.165) is 33.4 Å². The molecule has 5 aromatic rings. The van der Waals surface area contributed by atoms with Gasteiger partial charge in [0.2, 0.25) is 0 Å². The summed E-state index contributed by atoms with van der Waals surface area (Å²) in [5.41, 5.74) is 5.95. The molecule has 0 bridgehead atoms. The average molecular weight is 713 g/mol. The van der Waals surface area contributed by atoms with E-state index in [0.29, 0.717) is 48.5 Å². The van der Waals surface area contributed by atoms with E-state index in [1.54, 1.807) is 38.5 Å². The van der Waals surface area contributed by atoms with Gasteiger partial charge < -0.3 is 18.9 Å². The number of halogens is 1. The second-order valence-electron chi connectivity index (χ2n) is 12.4. The summed E-state index contributed by atoms with van der Waals surface area (Å²) in [7, 11) is -0.804. The number of fused-ring (bicyclic) bond motifs is 1. The van der Waals surface area contributed by atoms with Gasteiger partial charge in [-0.05, 0) is 83.5 Å². The van der Waals surface area contributed by atoms with Gasteiger partial charge in [-0.2, -0.15) is 8.42 Å². The predicted molar refractivity (Wildman–Crippen MR) is 195 cm³/mol. The monoisotopic (exact) mass is 712 g/mol. The summed E-state index contributed by atoms with van der Waals surface area (Å²) < 4.78 is 57.0. The summed E-state index contributed by atoms with van der Waals surface area (Å²) in [6.07, 6.45) is 0.604. The lowest BCUT2D eigenvalue weighted by atomic mass is 9.82. The molecule has 260 valence electrons.